The highest BCUT2D eigenvalue weighted by Crippen LogP contribution is 2.37. The maximum absolute atomic E-state index is 12.7. The Labute approximate surface area is 147 Å². The minimum Gasteiger partial charge on any atom is -0.367 e. The smallest absolute Gasteiger partial charge is 0.254 e. The second-order valence-electron chi connectivity index (χ2n) is 6.29. The Morgan fingerprint density at radius 3 is 2.40 bits per heavy atom. The van der Waals surface area contributed by atoms with E-state index in [9.17, 15) is 13.2 Å². The van der Waals surface area contributed by atoms with Gasteiger partial charge in [0.2, 0.25) is 0 Å². The molecule has 3 atom stereocenters. The first-order valence-electron chi connectivity index (χ1n) is 8.06. The van der Waals surface area contributed by atoms with Gasteiger partial charge in [-0.2, -0.15) is 0 Å². The zero-order valence-corrected chi connectivity index (χ0v) is 15.0. The Balaban J connectivity index is 1.86. The lowest BCUT2D eigenvalue weighted by molar-refractivity contribution is -0.132. The summed E-state index contributed by atoms with van der Waals surface area (Å²) in [5.74, 6) is -0.333. The highest BCUT2D eigenvalue weighted by Gasteiger charge is 2.40. The first kappa shape index (κ1) is 17.6. The van der Waals surface area contributed by atoms with Gasteiger partial charge in [-0.25, -0.2) is 8.42 Å². The lowest BCUT2D eigenvalue weighted by Crippen LogP contribution is -2.42. The number of sulfone groups is 1. The van der Waals surface area contributed by atoms with Crippen LogP contribution < -0.4 is 5.32 Å². The number of hydrogen-bond acceptors (Lipinski definition) is 4. The molecule has 0 heterocycles. The third-order valence-corrected chi connectivity index (χ3v) is 6.04. The van der Waals surface area contributed by atoms with Crippen molar-refractivity contribution in [3.05, 3.63) is 71.3 Å². The van der Waals surface area contributed by atoms with Gasteiger partial charge in [0, 0.05) is 13.4 Å². The molecule has 0 spiro atoms. The molecule has 1 N–H and O–H groups in total. The quantitative estimate of drug-likeness (QED) is 0.888. The summed E-state index contributed by atoms with van der Waals surface area (Å²) in [5.41, 5.74) is 2.45. The number of fused-ring (bicyclic) bond motifs is 1. The fourth-order valence-electron chi connectivity index (χ4n) is 3.49. The van der Waals surface area contributed by atoms with Crippen LogP contribution in [0.25, 0.3) is 0 Å². The molecular formula is C19H21NO4S. The topological polar surface area (TPSA) is 72.5 Å². The molecular weight excluding hydrogens is 338 g/mol. The highest BCUT2D eigenvalue weighted by atomic mass is 32.2. The van der Waals surface area contributed by atoms with Crippen LogP contribution in [-0.2, 0) is 25.8 Å². The van der Waals surface area contributed by atoms with Gasteiger partial charge < -0.3 is 10.1 Å². The number of amides is 1. The molecule has 0 aromatic heterocycles. The molecule has 0 fully saturated rings. The predicted octanol–water partition coefficient (Wildman–Crippen LogP) is 2.20. The number of nitrogens with one attached hydrogen (secondary N) is 1. The summed E-state index contributed by atoms with van der Waals surface area (Å²) in [6, 6.07) is 16.1. The Kier molecular flexibility index (Phi) is 4.92. The van der Waals surface area contributed by atoms with Crippen LogP contribution in [-0.4, -0.2) is 33.7 Å². The van der Waals surface area contributed by atoms with Gasteiger partial charge in [0.05, 0.1) is 6.04 Å². The van der Waals surface area contributed by atoms with E-state index in [2.05, 4.69) is 5.32 Å². The molecule has 0 aliphatic heterocycles. The molecule has 0 radical (unpaired) electrons. The van der Waals surface area contributed by atoms with Crippen LogP contribution in [0.15, 0.2) is 54.6 Å². The van der Waals surface area contributed by atoms with Crippen molar-refractivity contribution in [2.75, 3.05) is 13.4 Å². The first-order chi connectivity index (χ1) is 11.9. The third-order valence-electron chi connectivity index (χ3n) is 4.53. The second-order valence-corrected chi connectivity index (χ2v) is 8.46. The number of rotatable bonds is 5. The van der Waals surface area contributed by atoms with Gasteiger partial charge >= 0.3 is 0 Å². The van der Waals surface area contributed by atoms with Gasteiger partial charge in [0.1, 0.15) is 5.25 Å². The normalized spacial score (nSPS) is 20.7. The number of benzene rings is 2. The minimum absolute atomic E-state index is 0.333. The Hall–Kier alpha value is -2.18. The van der Waals surface area contributed by atoms with E-state index in [4.69, 9.17) is 4.74 Å². The van der Waals surface area contributed by atoms with Crippen molar-refractivity contribution in [3.8, 4) is 0 Å². The van der Waals surface area contributed by atoms with E-state index in [0.29, 0.717) is 6.42 Å². The molecule has 1 aliphatic carbocycles. The van der Waals surface area contributed by atoms with Crippen LogP contribution in [0.2, 0.25) is 0 Å². The minimum atomic E-state index is -3.36. The molecule has 2 aromatic rings. The molecule has 1 amide bonds. The lowest BCUT2D eigenvalue weighted by Gasteiger charge is -2.23. The Bertz CT molecular complexity index is 864. The first-order valence-corrected chi connectivity index (χ1v) is 10.0. The van der Waals surface area contributed by atoms with E-state index in [0.717, 1.165) is 16.7 Å². The molecule has 0 saturated heterocycles. The molecule has 0 bridgehead atoms. The van der Waals surface area contributed by atoms with Crippen molar-refractivity contribution < 1.29 is 17.9 Å². The van der Waals surface area contributed by atoms with Crippen molar-refractivity contribution in [3.63, 3.8) is 0 Å². The summed E-state index contributed by atoms with van der Waals surface area (Å²) in [5, 5.41) is 2.15. The molecule has 0 saturated carbocycles. The zero-order valence-electron chi connectivity index (χ0n) is 14.2. The SMILES string of the molecule is COC(C(=O)N[C@@H]1Cc2ccccc2[C@H]1S(C)(=O)=O)c1ccccc1. The number of carbonyl (C=O) groups excluding carboxylic acids is 1. The fourth-order valence-corrected chi connectivity index (χ4v) is 4.95. The van der Waals surface area contributed by atoms with Crippen molar-refractivity contribution in [2.24, 2.45) is 0 Å². The van der Waals surface area contributed by atoms with E-state index in [-0.39, 0.29) is 5.91 Å². The van der Waals surface area contributed by atoms with Crippen LogP contribution in [0.3, 0.4) is 0 Å². The molecule has 25 heavy (non-hydrogen) atoms. The Morgan fingerprint density at radius 1 is 1.12 bits per heavy atom. The predicted molar refractivity (Wildman–Crippen MR) is 95.9 cm³/mol. The van der Waals surface area contributed by atoms with Crippen molar-refractivity contribution in [2.45, 2.75) is 23.8 Å². The summed E-state index contributed by atoms with van der Waals surface area (Å²) < 4.78 is 30.0. The van der Waals surface area contributed by atoms with Crippen LogP contribution >= 0.6 is 0 Å². The summed E-state index contributed by atoms with van der Waals surface area (Å²) in [6.07, 6.45) is 0.930. The van der Waals surface area contributed by atoms with Gasteiger partial charge in [-0.1, -0.05) is 54.6 Å². The summed E-state index contributed by atoms with van der Waals surface area (Å²) in [6.45, 7) is 0. The lowest BCUT2D eigenvalue weighted by atomic mass is 10.1. The van der Waals surface area contributed by atoms with Crippen LogP contribution in [0.1, 0.15) is 28.0 Å². The summed E-state index contributed by atoms with van der Waals surface area (Å²) in [7, 11) is -1.90. The number of hydrogen-bond donors (Lipinski definition) is 1. The van der Waals surface area contributed by atoms with Gasteiger partial charge in [-0.3, -0.25) is 4.79 Å². The second kappa shape index (κ2) is 6.98. The van der Waals surface area contributed by atoms with Crippen molar-refractivity contribution >= 4 is 15.7 Å². The van der Waals surface area contributed by atoms with E-state index in [1.54, 1.807) is 0 Å². The van der Waals surface area contributed by atoms with Crippen LogP contribution in [0, 0.1) is 0 Å². The summed E-state index contributed by atoms with van der Waals surface area (Å²) in [4.78, 5) is 12.7. The molecule has 5 nitrogen and oxygen atoms in total. The molecule has 2 aromatic carbocycles. The molecule has 1 unspecified atom stereocenters. The monoisotopic (exact) mass is 359 g/mol. The average molecular weight is 359 g/mol. The van der Waals surface area contributed by atoms with Gasteiger partial charge in [-0.05, 0) is 23.1 Å². The van der Waals surface area contributed by atoms with Crippen molar-refractivity contribution in [1.29, 1.82) is 0 Å². The van der Waals surface area contributed by atoms with Gasteiger partial charge in [0.15, 0.2) is 15.9 Å². The fraction of sp³-hybridized carbons (Fsp3) is 0.316. The highest BCUT2D eigenvalue weighted by molar-refractivity contribution is 7.91. The standard InChI is InChI=1S/C19H21NO4S/c1-24-17(13-8-4-3-5-9-13)19(21)20-16-12-14-10-6-7-11-15(14)18(16)25(2,22)23/h3-11,16-18H,12H2,1-2H3,(H,20,21)/t16-,17?,18-/m1/s1. The number of carbonyl (C=O) groups is 1. The molecule has 132 valence electrons. The third kappa shape index (κ3) is 3.60. The zero-order chi connectivity index (χ0) is 18.0. The maximum Gasteiger partial charge on any atom is 0.254 e. The largest absolute Gasteiger partial charge is 0.367 e. The van der Waals surface area contributed by atoms with E-state index >= 15 is 0 Å². The van der Waals surface area contributed by atoms with Crippen LogP contribution in [0.4, 0.5) is 0 Å². The maximum atomic E-state index is 12.7. The average Bonchev–Trinajstić information content (AvgIpc) is 2.94. The van der Waals surface area contributed by atoms with E-state index in [1.165, 1.54) is 13.4 Å². The van der Waals surface area contributed by atoms with Gasteiger partial charge in [0.25, 0.3) is 5.91 Å². The van der Waals surface area contributed by atoms with Crippen molar-refractivity contribution in [1.82, 2.24) is 5.32 Å². The molecule has 1 aliphatic rings. The van der Waals surface area contributed by atoms with E-state index < -0.39 is 27.2 Å². The summed E-state index contributed by atoms with van der Waals surface area (Å²) >= 11 is 0. The number of methoxy groups -OCH3 is 1. The molecule has 6 heteroatoms. The Morgan fingerprint density at radius 2 is 1.76 bits per heavy atom. The van der Waals surface area contributed by atoms with Crippen LogP contribution in [0.5, 0.6) is 0 Å². The molecule has 3 rings (SSSR count). The van der Waals surface area contributed by atoms with E-state index in [1.807, 2.05) is 54.6 Å². The number of ether oxygens (including phenoxy) is 1. The van der Waals surface area contributed by atoms with Gasteiger partial charge in [-0.15, -0.1) is 0 Å².